The van der Waals surface area contributed by atoms with Crippen LogP contribution in [0.5, 0.6) is 0 Å². The summed E-state index contributed by atoms with van der Waals surface area (Å²) in [6.07, 6.45) is 13.8. The van der Waals surface area contributed by atoms with Crippen LogP contribution >= 0.6 is 8.58 Å². The van der Waals surface area contributed by atoms with E-state index < -0.39 is 0 Å². The molecule has 0 aromatic heterocycles. The molecule has 3 aromatic rings. The van der Waals surface area contributed by atoms with Gasteiger partial charge in [0.15, 0.2) is 0 Å². The maximum atomic E-state index is 2.44. The first kappa shape index (κ1) is 25.7. The van der Waals surface area contributed by atoms with Gasteiger partial charge >= 0.3 is 0 Å². The largest absolute Gasteiger partial charge is 0.106 e. The van der Waals surface area contributed by atoms with Gasteiger partial charge in [-0.15, -0.1) is 8.58 Å². The third kappa shape index (κ3) is 7.28. The molecule has 2 unspecified atom stereocenters. The molecule has 0 spiro atoms. The van der Waals surface area contributed by atoms with Crippen molar-refractivity contribution < 1.29 is 0 Å². The van der Waals surface area contributed by atoms with E-state index in [1.807, 2.05) is 0 Å². The number of unbranched alkanes of at least 4 members (excludes halogenated alkanes) is 8. The number of benzene rings is 3. The summed E-state index contributed by atoms with van der Waals surface area (Å²) in [5.74, 6) is 0.417. The minimum atomic E-state index is 0.0179. The second kappa shape index (κ2) is 14.4. The molecule has 1 heteroatoms. The fourth-order valence-electron chi connectivity index (χ4n) is 5.14. The smallest absolute Gasteiger partial charge is 0.0438 e. The fraction of sp³-hybridized carbons (Fsp3) is 0.438. The summed E-state index contributed by atoms with van der Waals surface area (Å²) in [6, 6.07) is 33.7. The lowest BCUT2D eigenvalue weighted by molar-refractivity contribution is 0.570. The van der Waals surface area contributed by atoms with Crippen molar-refractivity contribution >= 4 is 8.58 Å². The van der Waals surface area contributed by atoms with Crippen molar-refractivity contribution in [1.82, 2.24) is 0 Å². The molecule has 0 bridgehead atoms. The lowest BCUT2D eigenvalue weighted by atomic mass is 9.77. The molecule has 0 fully saturated rings. The normalized spacial score (nSPS) is 12.9. The number of hydrogen-bond donors (Lipinski definition) is 0. The maximum absolute atomic E-state index is 2.44. The highest BCUT2D eigenvalue weighted by atomic mass is 31.1. The van der Waals surface area contributed by atoms with Crippen LogP contribution in [-0.4, -0.2) is 6.16 Å². The third-order valence-corrected chi connectivity index (χ3v) is 9.26. The van der Waals surface area contributed by atoms with E-state index >= 15 is 0 Å². The lowest BCUT2D eigenvalue weighted by Gasteiger charge is -2.41. The molecule has 2 atom stereocenters. The second-order valence-electron chi connectivity index (χ2n) is 9.43. The van der Waals surface area contributed by atoms with E-state index in [4.69, 9.17) is 0 Å². The van der Waals surface area contributed by atoms with Gasteiger partial charge in [-0.25, -0.2) is 0 Å². The van der Waals surface area contributed by atoms with Gasteiger partial charge in [0.05, 0.1) is 0 Å². The van der Waals surface area contributed by atoms with Crippen molar-refractivity contribution in [1.29, 1.82) is 0 Å². The van der Waals surface area contributed by atoms with Crippen LogP contribution in [-0.2, 0) is 5.16 Å². The second-order valence-corrected chi connectivity index (χ2v) is 11.1. The van der Waals surface area contributed by atoms with Crippen LogP contribution in [0.1, 0.15) is 94.2 Å². The van der Waals surface area contributed by atoms with E-state index in [1.165, 1.54) is 80.6 Å². The van der Waals surface area contributed by atoms with Gasteiger partial charge in [0.1, 0.15) is 0 Å². The first-order valence-corrected chi connectivity index (χ1v) is 14.4. The fourth-order valence-corrected chi connectivity index (χ4v) is 7.17. The molecule has 3 rings (SSSR count). The molecule has 0 aliphatic rings. The highest BCUT2D eigenvalue weighted by Gasteiger charge is 2.39. The van der Waals surface area contributed by atoms with Crippen molar-refractivity contribution in [3.8, 4) is 0 Å². The summed E-state index contributed by atoms with van der Waals surface area (Å²) in [5, 5.41) is 0.0179. The monoisotopic (exact) mass is 458 g/mol. The maximum Gasteiger partial charge on any atom is 0.0438 e. The average Bonchev–Trinajstić information content (AvgIpc) is 2.89. The molecule has 3 aromatic carbocycles. The van der Waals surface area contributed by atoms with Crippen LogP contribution in [0.4, 0.5) is 0 Å². The number of hydrogen-bond acceptors (Lipinski definition) is 0. The van der Waals surface area contributed by atoms with Gasteiger partial charge in [-0.1, -0.05) is 156 Å². The van der Waals surface area contributed by atoms with Gasteiger partial charge in [0.25, 0.3) is 0 Å². The zero-order chi connectivity index (χ0) is 23.2. The Balaban J connectivity index is 1.74. The molecular formula is C32H43P. The van der Waals surface area contributed by atoms with Gasteiger partial charge in [0.2, 0.25) is 0 Å². The van der Waals surface area contributed by atoms with Gasteiger partial charge in [0, 0.05) is 5.16 Å². The number of rotatable bonds is 15. The van der Waals surface area contributed by atoms with Crippen LogP contribution in [0.15, 0.2) is 91.0 Å². The SMILES string of the molecule is CCCCCCCCCCCPC(c1ccccc1)(c1ccccc1)C(C)c1ccccc1. The zero-order valence-corrected chi connectivity index (χ0v) is 21.8. The predicted octanol–water partition coefficient (Wildman–Crippen LogP) is 9.94. The first-order chi connectivity index (χ1) is 16.3. The van der Waals surface area contributed by atoms with Gasteiger partial charge in [-0.2, -0.15) is 0 Å². The Morgan fingerprint density at radius 3 is 1.48 bits per heavy atom. The topological polar surface area (TPSA) is 0 Å². The van der Waals surface area contributed by atoms with E-state index in [1.54, 1.807) is 0 Å². The van der Waals surface area contributed by atoms with Crippen LogP contribution in [0.25, 0.3) is 0 Å². The minimum Gasteiger partial charge on any atom is -0.106 e. The molecule has 0 nitrogen and oxygen atoms in total. The summed E-state index contributed by atoms with van der Waals surface area (Å²) in [4.78, 5) is 0. The molecule has 0 saturated carbocycles. The summed E-state index contributed by atoms with van der Waals surface area (Å²) >= 11 is 0. The lowest BCUT2D eigenvalue weighted by Crippen LogP contribution is -2.29. The van der Waals surface area contributed by atoms with Crippen LogP contribution < -0.4 is 0 Å². The molecule has 0 aliphatic carbocycles. The van der Waals surface area contributed by atoms with Gasteiger partial charge in [-0.3, -0.25) is 0 Å². The van der Waals surface area contributed by atoms with Crippen LogP contribution in [0.2, 0.25) is 0 Å². The van der Waals surface area contributed by atoms with E-state index in [2.05, 4.69) is 105 Å². The molecule has 0 aliphatic heterocycles. The predicted molar refractivity (Wildman–Crippen MR) is 149 cm³/mol. The summed E-state index contributed by atoms with van der Waals surface area (Å²) in [7, 11) is 0.866. The van der Waals surface area contributed by atoms with E-state index in [-0.39, 0.29) is 5.16 Å². The Labute approximate surface area is 205 Å². The third-order valence-electron chi connectivity index (χ3n) is 7.09. The van der Waals surface area contributed by atoms with Crippen molar-refractivity contribution in [2.75, 3.05) is 6.16 Å². The molecule has 176 valence electrons. The molecule has 0 amide bonds. The van der Waals surface area contributed by atoms with Gasteiger partial charge < -0.3 is 0 Å². The molecule has 0 radical (unpaired) electrons. The Morgan fingerprint density at radius 2 is 1.00 bits per heavy atom. The van der Waals surface area contributed by atoms with Crippen molar-refractivity contribution in [3.05, 3.63) is 108 Å². The molecule has 0 N–H and O–H groups in total. The summed E-state index contributed by atoms with van der Waals surface area (Å²) in [5.41, 5.74) is 4.36. The Hall–Kier alpha value is -1.91. The van der Waals surface area contributed by atoms with Gasteiger partial charge in [-0.05, 0) is 35.2 Å². The Morgan fingerprint density at radius 1 is 0.576 bits per heavy atom. The molecule has 33 heavy (non-hydrogen) atoms. The van der Waals surface area contributed by atoms with Crippen LogP contribution in [0.3, 0.4) is 0 Å². The molecule has 0 saturated heterocycles. The quantitative estimate of drug-likeness (QED) is 0.157. The Bertz CT molecular complexity index is 833. The van der Waals surface area contributed by atoms with E-state index in [9.17, 15) is 0 Å². The van der Waals surface area contributed by atoms with E-state index in [0.29, 0.717) is 5.92 Å². The zero-order valence-electron chi connectivity index (χ0n) is 20.8. The van der Waals surface area contributed by atoms with Crippen molar-refractivity contribution in [2.45, 2.75) is 82.7 Å². The summed E-state index contributed by atoms with van der Waals surface area (Å²) in [6.45, 7) is 4.74. The van der Waals surface area contributed by atoms with Crippen molar-refractivity contribution in [2.24, 2.45) is 0 Å². The molecular weight excluding hydrogens is 415 g/mol. The molecule has 0 heterocycles. The van der Waals surface area contributed by atoms with E-state index in [0.717, 1.165) is 8.58 Å². The first-order valence-electron chi connectivity index (χ1n) is 13.2. The average molecular weight is 459 g/mol. The standard InChI is InChI=1S/C32H43P/c1-3-4-5-6-7-8-9-10-20-27-33-32(30-23-16-12-17-24-30,31-25-18-13-19-26-31)28(2)29-21-14-11-15-22-29/h11-19,21-26,28,33H,3-10,20,27H2,1-2H3. The summed E-state index contributed by atoms with van der Waals surface area (Å²) < 4.78 is 0. The highest BCUT2D eigenvalue weighted by molar-refractivity contribution is 7.40. The van der Waals surface area contributed by atoms with Crippen LogP contribution in [0, 0.1) is 0 Å². The highest BCUT2D eigenvalue weighted by Crippen LogP contribution is 2.56. The minimum absolute atomic E-state index is 0.0179. The Kier molecular flexibility index (Phi) is 11.2. The van der Waals surface area contributed by atoms with Crippen molar-refractivity contribution in [3.63, 3.8) is 0 Å².